The van der Waals surface area contributed by atoms with Crippen LogP contribution < -0.4 is 10.6 Å². The van der Waals surface area contributed by atoms with E-state index in [0.29, 0.717) is 0 Å². The molecule has 1 amide bonds. The van der Waals surface area contributed by atoms with Gasteiger partial charge in [-0.25, -0.2) is 0 Å². The van der Waals surface area contributed by atoms with Crippen molar-refractivity contribution in [1.29, 1.82) is 0 Å². The van der Waals surface area contributed by atoms with Crippen molar-refractivity contribution in [3.05, 3.63) is 11.4 Å². The molecule has 1 aliphatic rings. The Kier molecular flexibility index (Phi) is 3.47. The molecule has 1 aromatic rings. The van der Waals surface area contributed by atoms with Crippen LogP contribution in [0.4, 0.5) is 5.69 Å². The summed E-state index contributed by atoms with van der Waals surface area (Å²) in [6.45, 7) is 4.81. The monoisotopic (exact) mass is 236 g/mol. The molecule has 0 spiro atoms. The van der Waals surface area contributed by atoms with Crippen LogP contribution in [-0.4, -0.2) is 28.3 Å². The van der Waals surface area contributed by atoms with Crippen LogP contribution in [0.25, 0.3) is 0 Å². The van der Waals surface area contributed by atoms with Crippen LogP contribution in [0.2, 0.25) is 0 Å². The van der Waals surface area contributed by atoms with Crippen LogP contribution in [0.3, 0.4) is 0 Å². The van der Waals surface area contributed by atoms with Gasteiger partial charge in [0.1, 0.15) is 0 Å². The van der Waals surface area contributed by atoms with E-state index in [0.717, 1.165) is 42.9 Å². The fraction of sp³-hybridized carbons (Fsp3) is 0.667. The summed E-state index contributed by atoms with van der Waals surface area (Å²) in [5, 5.41) is 10.5. The summed E-state index contributed by atoms with van der Waals surface area (Å²) in [4.78, 5) is 12.1. The van der Waals surface area contributed by atoms with Crippen LogP contribution in [0, 0.1) is 13.8 Å². The Morgan fingerprint density at radius 3 is 2.76 bits per heavy atom. The molecule has 1 fully saturated rings. The molecule has 5 nitrogen and oxygen atoms in total. The number of amides is 1. The molecule has 1 aliphatic heterocycles. The summed E-state index contributed by atoms with van der Waals surface area (Å²) >= 11 is 0. The lowest BCUT2D eigenvalue weighted by Crippen LogP contribution is -2.43. The minimum absolute atomic E-state index is 0.0530. The molecule has 0 aliphatic carbocycles. The van der Waals surface area contributed by atoms with E-state index in [1.807, 2.05) is 20.9 Å². The minimum atomic E-state index is -0.0530. The second kappa shape index (κ2) is 4.87. The maximum absolute atomic E-state index is 12.1. The molecule has 1 aromatic heterocycles. The summed E-state index contributed by atoms with van der Waals surface area (Å²) in [7, 11) is 1.89. The fourth-order valence-electron chi connectivity index (χ4n) is 2.24. The van der Waals surface area contributed by atoms with E-state index < -0.39 is 0 Å². The highest BCUT2D eigenvalue weighted by molar-refractivity contribution is 5.95. The van der Waals surface area contributed by atoms with Crippen molar-refractivity contribution in [3.63, 3.8) is 0 Å². The van der Waals surface area contributed by atoms with Gasteiger partial charge in [0.25, 0.3) is 0 Å². The van der Waals surface area contributed by atoms with Gasteiger partial charge in [-0.2, -0.15) is 5.10 Å². The third-order valence-electron chi connectivity index (χ3n) is 3.38. The van der Waals surface area contributed by atoms with Gasteiger partial charge in [-0.15, -0.1) is 0 Å². The normalized spacial score (nSPS) is 20.3. The predicted molar refractivity (Wildman–Crippen MR) is 67.0 cm³/mol. The van der Waals surface area contributed by atoms with Crippen LogP contribution >= 0.6 is 0 Å². The first-order chi connectivity index (χ1) is 8.09. The van der Waals surface area contributed by atoms with Gasteiger partial charge in [0.05, 0.1) is 23.1 Å². The first kappa shape index (κ1) is 12.1. The molecule has 0 saturated carbocycles. The van der Waals surface area contributed by atoms with Gasteiger partial charge in [0, 0.05) is 7.05 Å². The van der Waals surface area contributed by atoms with E-state index in [2.05, 4.69) is 15.7 Å². The number of hydrogen-bond donors (Lipinski definition) is 2. The summed E-state index contributed by atoms with van der Waals surface area (Å²) in [6.07, 6.45) is 3.20. The number of hydrogen-bond acceptors (Lipinski definition) is 3. The molecule has 0 bridgehead atoms. The molecule has 94 valence electrons. The van der Waals surface area contributed by atoms with Crippen molar-refractivity contribution in [2.75, 3.05) is 11.9 Å². The van der Waals surface area contributed by atoms with E-state index >= 15 is 0 Å². The van der Waals surface area contributed by atoms with Crippen LogP contribution in [-0.2, 0) is 11.8 Å². The zero-order valence-corrected chi connectivity index (χ0v) is 10.7. The Morgan fingerprint density at radius 2 is 2.24 bits per heavy atom. The lowest BCUT2D eigenvalue weighted by Gasteiger charge is -2.22. The second-order valence-electron chi connectivity index (χ2n) is 4.66. The zero-order valence-electron chi connectivity index (χ0n) is 10.7. The molecule has 0 radical (unpaired) electrons. The van der Waals surface area contributed by atoms with Gasteiger partial charge < -0.3 is 10.6 Å². The molecule has 2 rings (SSSR count). The molecule has 0 aromatic carbocycles. The highest BCUT2D eigenvalue weighted by Gasteiger charge is 2.22. The smallest absolute Gasteiger partial charge is 0.241 e. The van der Waals surface area contributed by atoms with Gasteiger partial charge in [-0.1, -0.05) is 6.42 Å². The Bertz CT molecular complexity index is 418. The van der Waals surface area contributed by atoms with Crippen molar-refractivity contribution >= 4 is 11.6 Å². The Morgan fingerprint density at radius 1 is 1.47 bits per heavy atom. The maximum Gasteiger partial charge on any atom is 0.241 e. The number of aryl methyl sites for hydroxylation is 2. The van der Waals surface area contributed by atoms with Crippen LogP contribution in [0.5, 0.6) is 0 Å². The van der Waals surface area contributed by atoms with Gasteiger partial charge in [0.2, 0.25) is 5.91 Å². The minimum Gasteiger partial charge on any atom is -0.322 e. The Hall–Kier alpha value is -1.36. The first-order valence-electron chi connectivity index (χ1n) is 6.14. The van der Waals surface area contributed by atoms with Crippen molar-refractivity contribution in [2.45, 2.75) is 39.2 Å². The summed E-state index contributed by atoms with van der Waals surface area (Å²) in [5.41, 5.74) is 2.71. The number of anilines is 1. The molecular formula is C12H20N4O. The van der Waals surface area contributed by atoms with E-state index in [-0.39, 0.29) is 11.9 Å². The topological polar surface area (TPSA) is 59.0 Å². The Labute approximate surface area is 102 Å². The average Bonchev–Trinajstić information content (AvgIpc) is 2.57. The molecule has 0 unspecified atom stereocenters. The van der Waals surface area contributed by atoms with E-state index in [1.165, 1.54) is 0 Å². The molecule has 2 N–H and O–H groups in total. The van der Waals surface area contributed by atoms with Gasteiger partial charge in [-0.3, -0.25) is 9.48 Å². The lowest BCUT2D eigenvalue weighted by molar-refractivity contribution is -0.118. The fourth-order valence-corrected chi connectivity index (χ4v) is 2.24. The van der Waals surface area contributed by atoms with Gasteiger partial charge >= 0.3 is 0 Å². The standard InChI is InChI=1S/C12H20N4O/c1-8-11(9(2)16(3)15-8)14-12(17)10-6-4-5-7-13-10/h10,13H,4-7H2,1-3H3,(H,14,17)/t10-/m0/s1. The van der Waals surface area contributed by atoms with Gasteiger partial charge in [0.15, 0.2) is 0 Å². The van der Waals surface area contributed by atoms with E-state index in [4.69, 9.17) is 0 Å². The molecule has 1 saturated heterocycles. The van der Waals surface area contributed by atoms with Crippen molar-refractivity contribution < 1.29 is 4.79 Å². The number of aromatic nitrogens is 2. The molecule has 17 heavy (non-hydrogen) atoms. The number of piperidine rings is 1. The van der Waals surface area contributed by atoms with E-state index in [9.17, 15) is 4.79 Å². The van der Waals surface area contributed by atoms with Crippen molar-refractivity contribution in [3.8, 4) is 0 Å². The quantitative estimate of drug-likeness (QED) is 0.809. The molecular weight excluding hydrogens is 216 g/mol. The third kappa shape index (κ3) is 2.49. The predicted octanol–water partition coefficient (Wildman–Crippen LogP) is 1.12. The average molecular weight is 236 g/mol. The number of carbonyl (C=O) groups is 1. The second-order valence-corrected chi connectivity index (χ2v) is 4.66. The SMILES string of the molecule is Cc1nn(C)c(C)c1NC(=O)[C@@H]1CCCCN1. The maximum atomic E-state index is 12.1. The number of nitrogens with one attached hydrogen (secondary N) is 2. The van der Waals surface area contributed by atoms with Crippen molar-refractivity contribution in [2.24, 2.45) is 7.05 Å². The van der Waals surface area contributed by atoms with E-state index in [1.54, 1.807) is 4.68 Å². The molecule has 1 atom stereocenters. The number of rotatable bonds is 2. The van der Waals surface area contributed by atoms with Gasteiger partial charge in [-0.05, 0) is 33.2 Å². The highest BCUT2D eigenvalue weighted by atomic mass is 16.2. The summed E-state index contributed by atoms with van der Waals surface area (Å²) < 4.78 is 1.79. The number of nitrogens with zero attached hydrogens (tertiary/aromatic N) is 2. The molecule has 2 heterocycles. The lowest BCUT2D eigenvalue weighted by atomic mass is 10.0. The largest absolute Gasteiger partial charge is 0.322 e. The highest BCUT2D eigenvalue weighted by Crippen LogP contribution is 2.19. The summed E-state index contributed by atoms with van der Waals surface area (Å²) in [6, 6.07) is -0.0530. The van der Waals surface area contributed by atoms with Crippen LogP contribution in [0.15, 0.2) is 0 Å². The third-order valence-corrected chi connectivity index (χ3v) is 3.38. The van der Waals surface area contributed by atoms with Crippen molar-refractivity contribution in [1.82, 2.24) is 15.1 Å². The van der Waals surface area contributed by atoms with Crippen LogP contribution in [0.1, 0.15) is 30.7 Å². The summed E-state index contributed by atoms with van der Waals surface area (Å²) in [5.74, 6) is 0.0592. The zero-order chi connectivity index (χ0) is 12.4. The Balaban J connectivity index is 2.07. The first-order valence-corrected chi connectivity index (χ1v) is 6.14. The molecule has 5 heteroatoms. The number of carbonyl (C=O) groups excluding carboxylic acids is 1.